The van der Waals surface area contributed by atoms with Crippen LogP contribution in [0.4, 0.5) is 4.39 Å². The Kier molecular flexibility index (Phi) is 5.31. The molecule has 0 aliphatic heterocycles. The van der Waals surface area contributed by atoms with E-state index in [2.05, 4.69) is 15.4 Å². The number of rotatable bonds is 6. The second-order valence-corrected chi connectivity index (χ2v) is 5.27. The Bertz CT molecular complexity index is 612. The first kappa shape index (κ1) is 15.9. The molecule has 0 fully saturated rings. The fourth-order valence-electron chi connectivity index (χ4n) is 2.44. The van der Waals surface area contributed by atoms with E-state index in [1.807, 2.05) is 20.9 Å². The van der Waals surface area contributed by atoms with E-state index in [0.717, 1.165) is 24.4 Å². The summed E-state index contributed by atoms with van der Waals surface area (Å²) in [5.74, 6) is -0.308. The molecule has 2 rings (SSSR count). The number of hydrogen-bond donors (Lipinski definition) is 1. The van der Waals surface area contributed by atoms with Crippen molar-refractivity contribution in [2.24, 2.45) is 7.05 Å². The normalized spacial score (nSPS) is 12.6. The van der Waals surface area contributed by atoms with E-state index in [4.69, 9.17) is 11.6 Å². The predicted molar refractivity (Wildman–Crippen MR) is 81.9 cm³/mol. The zero-order chi connectivity index (χ0) is 15.4. The average Bonchev–Trinajstić information content (AvgIpc) is 2.74. The van der Waals surface area contributed by atoms with E-state index in [-0.39, 0.29) is 11.9 Å². The summed E-state index contributed by atoms with van der Waals surface area (Å²) < 4.78 is 15.8. The highest BCUT2D eigenvalue weighted by Gasteiger charge is 2.21. The summed E-state index contributed by atoms with van der Waals surface area (Å²) in [6.07, 6.45) is 4.20. The van der Waals surface area contributed by atoms with Crippen molar-refractivity contribution in [3.05, 3.63) is 46.3 Å². The number of aromatic nitrogens is 3. The SMILES string of the molecule is CCNC(Cc1c(Cl)c(CC)nn1C)c1ccncc1F. The molecule has 1 atom stereocenters. The monoisotopic (exact) mass is 310 g/mol. The Labute approximate surface area is 129 Å². The minimum Gasteiger partial charge on any atom is -0.310 e. The molecule has 21 heavy (non-hydrogen) atoms. The molecule has 1 unspecified atom stereocenters. The lowest BCUT2D eigenvalue weighted by atomic mass is 10.0. The lowest BCUT2D eigenvalue weighted by Crippen LogP contribution is -2.25. The third kappa shape index (κ3) is 3.41. The predicted octanol–water partition coefficient (Wildman–Crippen LogP) is 3.06. The summed E-state index contributed by atoms with van der Waals surface area (Å²) in [4.78, 5) is 3.80. The summed E-state index contributed by atoms with van der Waals surface area (Å²) in [5, 5.41) is 8.39. The number of aryl methyl sites for hydroxylation is 2. The molecule has 6 heteroatoms. The van der Waals surface area contributed by atoms with Crippen molar-refractivity contribution in [1.82, 2.24) is 20.1 Å². The van der Waals surface area contributed by atoms with Crippen molar-refractivity contribution in [3.8, 4) is 0 Å². The molecule has 0 aliphatic carbocycles. The van der Waals surface area contributed by atoms with E-state index in [1.54, 1.807) is 16.9 Å². The van der Waals surface area contributed by atoms with Gasteiger partial charge in [-0.1, -0.05) is 25.4 Å². The van der Waals surface area contributed by atoms with E-state index in [1.165, 1.54) is 6.20 Å². The fraction of sp³-hybridized carbons (Fsp3) is 0.467. The van der Waals surface area contributed by atoms with Gasteiger partial charge in [0.25, 0.3) is 0 Å². The zero-order valence-corrected chi connectivity index (χ0v) is 13.3. The van der Waals surface area contributed by atoms with Gasteiger partial charge in [0, 0.05) is 31.3 Å². The van der Waals surface area contributed by atoms with Crippen molar-refractivity contribution in [2.75, 3.05) is 6.54 Å². The van der Waals surface area contributed by atoms with Crippen LogP contribution in [0.25, 0.3) is 0 Å². The number of halogens is 2. The van der Waals surface area contributed by atoms with Crippen molar-refractivity contribution in [3.63, 3.8) is 0 Å². The summed E-state index contributed by atoms with van der Waals surface area (Å²) in [7, 11) is 1.87. The fourth-order valence-corrected chi connectivity index (χ4v) is 2.81. The Balaban J connectivity index is 2.33. The standard InChI is InChI=1S/C15H20ClFN4/c1-4-12-15(16)14(21(3)20-12)8-13(19-5-2)10-6-7-18-9-11(10)17/h6-7,9,13,19H,4-5,8H2,1-3H3. The zero-order valence-electron chi connectivity index (χ0n) is 12.5. The van der Waals surface area contributed by atoms with Crippen LogP contribution in [0.3, 0.4) is 0 Å². The summed E-state index contributed by atoms with van der Waals surface area (Å²) in [6.45, 7) is 4.75. The van der Waals surface area contributed by atoms with Gasteiger partial charge in [-0.15, -0.1) is 0 Å². The Hall–Kier alpha value is -1.46. The van der Waals surface area contributed by atoms with Crippen LogP contribution in [0.15, 0.2) is 18.5 Å². The first-order valence-electron chi connectivity index (χ1n) is 7.11. The summed E-state index contributed by atoms with van der Waals surface area (Å²) >= 11 is 6.38. The van der Waals surface area contributed by atoms with Gasteiger partial charge in [0.2, 0.25) is 0 Å². The van der Waals surface area contributed by atoms with Crippen molar-refractivity contribution in [1.29, 1.82) is 0 Å². The molecular weight excluding hydrogens is 291 g/mol. The smallest absolute Gasteiger partial charge is 0.146 e. The number of pyridine rings is 1. The third-order valence-electron chi connectivity index (χ3n) is 3.53. The molecule has 2 aromatic rings. The second kappa shape index (κ2) is 7.00. The maximum absolute atomic E-state index is 14.0. The molecule has 2 aromatic heterocycles. The highest BCUT2D eigenvalue weighted by Crippen LogP contribution is 2.27. The highest BCUT2D eigenvalue weighted by atomic mass is 35.5. The molecule has 0 spiro atoms. The second-order valence-electron chi connectivity index (χ2n) is 4.90. The van der Waals surface area contributed by atoms with Gasteiger partial charge in [0.15, 0.2) is 0 Å². The molecule has 0 amide bonds. The van der Waals surface area contributed by atoms with Gasteiger partial charge in [-0.05, 0) is 19.0 Å². The Morgan fingerprint density at radius 1 is 1.43 bits per heavy atom. The number of hydrogen-bond acceptors (Lipinski definition) is 3. The Morgan fingerprint density at radius 3 is 2.76 bits per heavy atom. The first-order chi connectivity index (χ1) is 10.1. The van der Waals surface area contributed by atoms with E-state index in [0.29, 0.717) is 17.0 Å². The van der Waals surface area contributed by atoms with E-state index >= 15 is 0 Å². The quantitative estimate of drug-likeness (QED) is 0.891. The van der Waals surface area contributed by atoms with Crippen LogP contribution < -0.4 is 5.32 Å². The Morgan fingerprint density at radius 2 is 2.19 bits per heavy atom. The first-order valence-corrected chi connectivity index (χ1v) is 7.49. The molecule has 0 saturated heterocycles. The van der Waals surface area contributed by atoms with Gasteiger partial charge in [0.1, 0.15) is 5.82 Å². The number of nitrogens with one attached hydrogen (secondary N) is 1. The number of likely N-dealkylation sites (N-methyl/N-ethyl adjacent to an activating group) is 1. The highest BCUT2D eigenvalue weighted by molar-refractivity contribution is 6.31. The van der Waals surface area contributed by atoms with Crippen LogP contribution in [0.2, 0.25) is 5.02 Å². The van der Waals surface area contributed by atoms with Gasteiger partial charge < -0.3 is 5.32 Å². The lowest BCUT2D eigenvalue weighted by Gasteiger charge is -2.19. The maximum atomic E-state index is 14.0. The molecule has 114 valence electrons. The molecule has 2 heterocycles. The summed E-state index contributed by atoms with van der Waals surface area (Å²) in [6, 6.07) is 1.55. The van der Waals surface area contributed by atoms with Gasteiger partial charge in [-0.25, -0.2) is 4.39 Å². The molecule has 0 saturated carbocycles. The van der Waals surface area contributed by atoms with Crippen LogP contribution >= 0.6 is 11.6 Å². The van der Waals surface area contributed by atoms with Gasteiger partial charge in [-0.3, -0.25) is 9.67 Å². The van der Waals surface area contributed by atoms with Crippen LogP contribution in [0, 0.1) is 5.82 Å². The van der Waals surface area contributed by atoms with Crippen LogP contribution in [-0.4, -0.2) is 21.3 Å². The summed E-state index contributed by atoms with van der Waals surface area (Å²) in [5.41, 5.74) is 2.39. The lowest BCUT2D eigenvalue weighted by molar-refractivity contribution is 0.495. The van der Waals surface area contributed by atoms with E-state index in [9.17, 15) is 4.39 Å². The molecule has 1 N–H and O–H groups in total. The van der Waals surface area contributed by atoms with Gasteiger partial charge in [0.05, 0.1) is 22.6 Å². The van der Waals surface area contributed by atoms with Gasteiger partial charge >= 0.3 is 0 Å². The third-order valence-corrected chi connectivity index (χ3v) is 3.97. The van der Waals surface area contributed by atoms with Crippen molar-refractivity contribution >= 4 is 11.6 Å². The molecule has 4 nitrogen and oxygen atoms in total. The van der Waals surface area contributed by atoms with Crippen LogP contribution in [0.5, 0.6) is 0 Å². The molecular formula is C15H20ClFN4. The number of nitrogens with zero attached hydrogens (tertiary/aromatic N) is 3. The van der Waals surface area contributed by atoms with Crippen LogP contribution in [0.1, 0.15) is 36.8 Å². The minimum absolute atomic E-state index is 0.157. The van der Waals surface area contributed by atoms with Crippen molar-refractivity contribution < 1.29 is 4.39 Å². The minimum atomic E-state index is -0.308. The topological polar surface area (TPSA) is 42.7 Å². The molecule has 0 bridgehead atoms. The average molecular weight is 311 g/mol. The molecule has 0 aromatic carbocycles. The van der Waals surface area contributed by atoms with E-state index < -0.39 is 0 Å². The largest absolute Gasteiger partial charge is 0.310 e. The molecule has 0 aliphatic rings. The maximum Gasteiger partial charge on any atom is 0.146 e. The molecule has 0 radical (unpaired) electrons. The van der Waals surface area contributed by atoms with Crippen molar-refractivity contribution in [2.45, 2.75) is 32.7 Å². The van der Waals surface area contributed by atoms with Crippen LogP contribution in [-0.2, 0) is 19.9 Å². The van der Waals surface area contributed by atoms with Gasteiger partial charge in [-0.2, -0.15) is 5.10 Å².